The SMILES string of the molecule is CCCC1NC(C)(CC)C(=O)N1C1CCC(SCC)C1. The zero-order valence-electron chi connectivity index (χ0n) is 13.4. The van der Waals surface area contributed by atoms with E-state index in [1.807, 2.05) is 0 Å². The molecule has 0 aromatic rings. The summed E-state index contributed by atoms with van der Waals surface area (Å²) in [6, 6.07) is 0.462. The van der Waals surface area contributed by atoms with Crippen LogP contribution in [0.15, 0.2) is 0 Å². The molecular formula is C16H30N2OS. The fourth-order valence-corrected chi connectivity index (χ4v) is 4.77. The van der Waals surface area contributed by atoms with E-state index in [0.29, 0.717) is 11.9 Å². The van der Waals surface area contributed by atoms with Crippen molar-refractivity contribution in [1.29, 1.82) is 0 Å². The molecule has 0 aromatic carbocycles. The van der Waals surface area contributed by atoms with Gasteiger partial charge < -0.3 is 4.90 Å². The topological polar surface area (TPSA) is 32.3 Å². The van der Waals surface area contributed by atoms with Gasteiger partial charge in [-0.05, 0) is 44.8 Å². The van der Waals surface area contributed by atoms with Crippen LogP contribution in [0.3, 0.4) is 0 Å². The minimum atomic E-state index is -0.337. The summed E-state index contributed by atoms with van der Waals surface area (Å²) in [5, 5.41) is 4.37. The van der Waals surface area contributed by atoms with Crippen molar-refractivity contribution in [2.45, 2.75) is 89.2 Å². The second-order valence-corrected chi connectivity index (χ2v) is 7.97. The summed E-state index contributed by atoms with van der Waals surface area (Å²) in [5.74, 6) is 1.53. The Labute approximate surface area is 128 Å². The molecule has 1 saturated heterocycles. The first-order valence-corrected chi connectivity index (χ1v) is 9.32. The molecule has 0 aromatic heterocycles. The molecule has 1 aliphatic carbocycles. The predicted octanol–water partition coefficient (Wildman–Crippen LogP) is 3.39. The van der Waals surface area contributed by atoms with Crippen molar-refractivity contribution in [2.24, 2.45) is 0 Å². The fraction of sp³-hybridized carbons (Fsp3) is 0.938. The van der Waals surface area contributed by atoms with Crippen LogP contribution >= 0.6 is 11.8 Å². The zero-order valence-corrected chi connectivity index (χ0v) is 14.3. The quantitative estimate of drug-likeness (QED) is 0.816. The van der Waals surface area contributed by atoms with E-state index in [4.69, 9.17) is 0 Å². The van der Waals surface area contributed by atoms with Crippen LogP contribution < -0.4 is 5.32 Å². The molecule has 0 radical (unpaired) electrons. The van der Waals surface area contributed by atoms with Crippen LogP contribution in [0.2, 0.25) is 0 Å². The van der Waals surface area contributed by atoms with Crippen molar-refractivity contribution in [1.82, 2.24) is 10.2 Å². The van der Waals surface area contributed by atoms with Crippen molar-refractivity contribution in [2.75, 3.05) is 5.75 Å². The lowest BCUT2D eigenvalue weighted by molar-refractivity contribution is -0.135. The van der Waals surface area contributed by atoms with Gasteiger partial charge in [0.15, 0.2) is 0 Å². The van der Waals surface area contributed by atoms with Crippen LogP contribution in [0.1, 0.15) is 66.2 Å². The Hall–Kier alpha value is -0.220. The van der Waals surface area contributed by atoms with Gasteiger partial charge in [-0.15, -0.1) is 0 Å². The van der Waals surface area contributed by atoms with E-state index < -0.39 is 0 Å². The Kier molecular flexibility index (Phi) is 5.41. The monoisotopic (exact) mass is 298 g/mol. The Morgan fingerprint density at radius 3 is 2.70 bits per heavy atom. The number of thioether (sulfide) groups is 1. The first kappa shape index (κ1) is 16.2. The van der Waals surface area contributed by atoms with Crippen molar-refractivity contribution in [3.8, 4) is 0 Å². The van der Waals surface area contributed by atoms with Gasteiger partial charge in [0, 0.05) is 11.3 Å². The average molecular weight is 298 g/mol. The number of carbonyl (C=O) groups excluding carboxylic acids is 1. The molecule has 3 nitrogen and oxygen atoms in total. The number of nitrogens with one attached hydrogen (secondary N) is 1. The van der Waals surface area contributed by atoms with Crippen LogP contribution in [0.5, 0.6) is 0 Å². The van der Waals surface area contributed by atoms with E-state index in [9.17, 15) is 4.79 Å². The zero-order chi connectivity index (χ0) is 14.8. The van der Waals surface area contributed by atoms with Gasteiger partial charge in [-0.1, -0.05) is 27.2 Å². The minimum Gasteiger partial charge on any atom is -0.323 e. The van der Waals surface area contributed by atoms with Gasteiger partial charge >= 0.3 is 0 Å². The maximum atomic E-state index is 12.9. The van der Waals surface area contributed by atoms with Gasteiger partial charge in [-0.25, -0.2) is 0 Å². The molecule has 1 amide bonds. The molecule has 1 heterocycles. The van der Waals surface area contributed by atoms with Crippen LogP contribution in [-0.2, 0) is 4.79 Å². The molecule has 20 heavy (non-hydrogen) atoms. The predicted molar refractivity (Wildman–Crippen MR) is 86.9 cm³/mol. The van der Waals surface area contributed by atoms with Crippen molar-refractivity contribution in [3.63, 3.8) is 0 Å². The van der Waals surface area contributed by atoms with Gasteiger partial charge in [0.2, 0.25) is 5.91 Å². The largest absolute Gasteiger partial charge is 0.323 e. The highest BCUT2D eigenvalue weighted by Crippen LogP contribution is 2.37. The lowest BCUT2D eigenvalue weighted by atomic mass is 9.99. The summed E-state index contributed by atoms with van der Waals surface area (Å²) in [7, 11) is 0. The summed E-state index contributed by atoms with van der Waals surface area (Å²) in [5.41, 5.74) is -0.337. The van der Waals surface area contributed by atoms with E-state index in [2.05, 4.69) is 49.7 Å². The molecule has 1 N–H and O–H groups in total. The molecule has 2 rings (SSSR count). The second-order valence-electron chi connectivity index (χ2n) is 6.39. The second kappa shape index (κ2) is 6.69. The molecule has 1 aliphatic heterocycles. The molecule has 0 spiro atoms. The van der Waals surface area contributed by atoms with Crippen LogP contribution in [0, 0.1) is 0 Å². The lowest BCUT2D eigenvalue weighted by Crippen LogP contribution is -2.44. The van der Waals surface area contributed by atoms with E-state index in [1.165, 1.54) is 25.0 Å². The molecule has 4 heteroatoms. The third-order valence-electron chi connectivity index (χ3n) is 4.95. The molecule has 116 valence electrons. The number of amides is 1. The molecule has 4 atom stereocenters. The number of rotatable bonds is 6. The smallest absolute Gasteiger partial charge is 0.244 e. The van der Waals surface area contributed by atoms with E-state index in [1.54, 1.807) is 0 Å². The minimum absolute atomic E-state index is 0.257. The van der Waals surface area contributed by atoms with Gasteiger partial charge in [-0.3, -0.25) is 10.1 Å². The molecule has 2 fully saturated rings. The standard InChI is InChI=1S/C16H30N2OS/c1-5-8-14-17-16(4,6-2)15(19)18(14)12-9-10-13(11-12)20-7-3/h12-14,17H,5-11H2,1-4H3. The Bertz CT molecular complexity index is 349. The fourth-order valence-electron chi connectivity index (χ4n) is 3.64. The highest BCUT2D eigenvalue weighted by molar-refractivity contribution is 7.99. The molecule has 1 saturated carbocycles. The maximum Gasteiger partial charge on any atom is 0.244 e. The lowest BCUT2D eigenvalue weighted by Gasteiger charge is -2.30. The van der Waals surface area contributed by atoms with Crippen LogP contribution in [-0.4, -0.2) is 39.6 Å². The highest BCUT2D eigenvalue weighted by Gasteiger charge is 2.49. The normalized spacial score (nSPS) is 37.9. The third kappa shape index (κ3) is 3.01. The summed E-state index contributed by atoms with van der Waals surface area (Å²) in [6.07, 6.45) is 6.98. The van der Waals surface area contributed by atoms with Gasteiger partial charge in [0.05, 0.1) is 11.7 Å². The number of hydrogen-bond donors (Lipinski definition) is 1. The van der Waals surface area contributed by atoms with Crippen molar-refractivity contribution in [3.05, 3.63) is 0 Å². The third-order valence-corrected chi connectivity index (χ3v) is 6.18. The number of carbonyl (C=O) groups is 1. The first-order valence-electron chi connectivity index (χ1n) is 8.27. The highest BCUT2D eigenvalue weighted by atomic mass is 32.2. The van der Waals surface area contributed by atoms with E-state index >= 15 is 0 Å². The summed E-state index contributed by atoms with van der Waals surface area (Å²) in [4.78, 5) is 15.1. The van der Waals surface area contributed by atoms with Gasteiger partial charge in [-0.2, -0.15) is 11.8 Å². The Balaban J connectivity index is 2.09. The van der Waals surface area contributed by atoms with Crippen molar-refractivity contribution >= 4 is 17.7 Å². The maximum absolute atomic E-state index is 12.9. The molecule has 4 unspecified atom stereocenters. The van der Waals surface area contributed by atoms with Crippen LogP contribution in [0.25, 0.3) is 0 Å². The van der Waals surface area contributed by atoms with E-state index in [-0.39, 0.29) is 11.7 Å². The molecular weight excluding hydrogens is 268 g/mol. The first-order chi connectivity index (χ1) is 9.55. The van der Waals surface area contributed by atoms with Gasteiger partial charge in [0.25, 0.3) is 0 Å². The van der Waals surface area contributed by atoms with Crippen molar-refractivity contribution < 1.29 is 4.79 Å². The summed E-state index contributed by atoms with van der Waals surface area (Å²) < 4.78 is 0. The average Bonchev–Trinajstić information content (AvgIpc) is 2.96. The summed E-state index contributed by atoms with van der Waals surface area (Å²) >= 11 is 2.06. The van der Waals surface area contributed by atoms with E-state index in [0.717, 1.165) is 24.5 Å². The van der Waals surface area contributed by atoms with Gasteiger partial charge in [0.1, 0.15) is 0 Å². The molecule has 0 bridgehead atoms. The Morgan fingerprint density at radius 1 is 1.35 bits per heavy atom. The van der Waals surface area contributed by atoms with Crippen LogP contribution in [0.4, 0.5) is 0 Å². The number of nitrogens with zero attached hydrogens (tertiary/aromatic N) is 1. The molecule has 2 aliphatic rings. The summed E-state index contributed by atoms with van der Waals surface area (Å²) in [6.45, 7) is 8.62. The Morgan fingerprint density at radius 2 is 2.10 bits per heavy atom. The number of hydrogen-bond acceptors (Lipinski definition) is 3.